The molecule has 0 fully saturated rings. The molecule has 0 saturated carbocycles. The standard InChI is InChI=1S/C8H15NO3/c1-4-12-8(10)6-9(11)5-7(2)3/h5,7H,4,6H2,1-3H3/b9-5-. The van der Waals surface area contributed by atoms with Crippen molar-refractivity contribution in [3.8, 4) is 0 Å². The molecule has 0 aliphatic carbocycles. The van der Waals surface area contributed by atoms with Crippen molar-refractivity contribution in [1.29, 1.82) is 0 Å². The molecule has 0 N–H and O–H groups in total. The fourth-order valence-electron chi connectivity index (χ4n) is 0.719. The SMILES string of the molecule is CCOC(=O)C/[N+]([O-])=C/C(C)C. The second-order valence-electron chi connectivity index (χ2n) is 2.77. The molecule has 0 heterocycles. The molecule has 0 aliphatic rings. The fraction of sp³-hybridized carbons (Fsp3) is 0.750. The molecule has 0 bridgehead atoms. The number of ether oxygens (including phenoxy) is 1. The number of hydrogen-bond acceptors (Lipinski definition) is 3. The van der Waals surface area contributed by atoms with E-state index in [0.717, 1.165) is 0 Å². The minimum absolute atomic E-state index is 0.150. The monoisotopic (exact) mass is 173 g/mol. The normalized spacial score (nSPS) is 11.8. The Balaban J connectivity index is 3.83. The van der Waals surface area contributed by atoms with E-state index in [-0.39, 0.29) is 12.5 Å². The van der Waals surface area contributed by atoms with Crippen molar-refractivity contribution in [3.63, 3.8) is 0 Å². The van der Waals surface area contributed by atoms with E-state index in [0.29, 0.717) is 11.3 Å². The van der Waals surface area contributed by atoms with Crippen LogP contribution >= 0.6 is 0 Å². The Morgan fingerprint density at radius 2 is 2.25 bits per heavy atom. The van der Waals surface area contributed by atoms with Crippen molar-refractivity contribution >= 4 is 12.2 Å². The van der Waals surface area contributed by atoms with Gasteiger partial charge >= 0.3 is 5.97 Å². The van der Waals surface area contributed by atoms with E-state index in [1.807, 2.05) is 13.8 Å². The van der Waals surface area contributed by atoms with Gasteiger partial charge in [0.15, 0.2) is 6.21 Å². The summed E-state index contributed by atoms with van der Waals surface area (Å²) in [6.07, 6.45) is 1.44. The summed E-state index contributed by atoms with van der Waals surface area (Å²) >= 11 is 0. The summed E-state index contributed by atoms with van der Waals surface area (Å²) in [4.78, 5) is 10.8. The Kier molecular flexibility index (Phi) is 5.08. The van der Waals surface area contributed by atoms with Crippen LogP contribution in [-0.2, 0) is 9.53 Å². The number of esters is 1. The molecular formula is C8H15NO3. The predicted octanol–water partition coefficient (Wildman–Crippen LogP) is 0.787. The molecule has 0 amide bonds. The molecule has 0 rings (SSSR count). The van der Waals surface area contributed by atoms with Gasteiger partial charge in [0.25, 0.3) is 0 Å². The van der Waals surface area contributed by atoms with Crippen molar-refractivity contribution in [2.75, 3.05) is 13.2 Å². The lowest BCUT2D eigenvalue weighted by Gasteiger charge is -2.04. The summed E-state index contributed by atoms with van der Waals surface area (Å²) in [7, 11) is 0. The van der Waals surface area contributed by atoms with Gasteiger partial charge in [-0.2, -0.15) is 0 Å². The smallest absolute Gasteiger partial charge is 0.373 e. The molecule has 70 valence electrons. The Bertz CT molecular complexity index is 175. The molecule has 4 heteroatoms. The second-order valence-corrected chi connectivity index (χ2v) is 2.77. The van der Waals surface area contributed by atoms with E-state index in [1.54, 1.807) is 6.92 Å². The Morgan fingerprint density at radius 1 is 1.67 bits per heavy atom. The predicted molar refractivity (Wildman–Crippen MR) is 46.0 cm³/mol. The first-order valence-electron chi connectivity index (χ1n) is 4.00. The highest BCUT2D eigenvalue weighted by molar-refractivity contribution is 5.71. The van der Waals surface area contributed by atoms with E-state index in [4.69, 9.17) is 0 Å². The minimum atomic E-state index is -0.482. The van der Waals surface area contributed by atoms with Crippen LogP contribution in [0, 0.1) is 11.1 Å². The van der Waals surface area contributed by atoms with Gasteiger partial charge in [0.1, 0.15) is 0 Å². The number of rotatable bonds is 4. The van der Waals surface area contributed by atoms with Gasteiger partial charge in [-0.1, -0.05) is 13.8 Å². The first kappa shape index (κ1) is 10.9. The number of carbonyl (C=O) groups is 1. The first-order chi connectivity index (χ1) is 5.56. The van der Waals surface area contributed by atoms with Crippen molar-refractivity contribution in [3.05, 3.63) is 5.21 Å². The van der Waals surface area contributed by atoms with E-state index in [9.17, 15) is 10.0 Å². The Labute approximate surface area is 72.4 Å². The maximum Gasteiger partial charge on any atom is 0.373 e. The number of hydrogen-bond donors (Lipinski definition) is 0. The Morgan fingerprint density at radius 3 is 2.67 bits per heavy atom. The van der Waals surface area contributed by atoms with Gasteiger partial charge in [-0.15, -0.1) is 0 Å². The molecule has 0 unspecified atom stereocenters. The third-order valence-electron chi connectivity index (χ3n) is 1.05. The fourth-order valence-corrected chi connectivity index (χ4v) is 0.719. The first-order valence-corrected chi connectivity index (χ1v) is 4.00. The zero-order chi connectivity index (χ0) is 9.56. The molecule has 0 spiro atoms. The molecule has 0 aromatic carbocycles. The van der Waals surface area contributed by atoms with E-state index < -0.39 is 5.97 Å². The number of carbonyl (C=O) groups excluding carboxylic acids is 1. The summed E-state index contributed by atoms with van der Waals surface area (Å²) in [6, 6.07) is 0. The summed E-state index contributed by atoms with van der Waals surface area (Å²) in [5.74, 6) is -0.332. The zero-order valence-corrected chi connectivity index (χ0v) is 7.74. The van der Waals surface area contributed by atoms with Crippen LogP contribution < -0.4 is 0 Å². The van der Waals surface area contributed by atoms with Crippen molar-refractivity contribution in [2.24, 2.45) is 5.92 Å². The molecule has 0 aliphatic heterocycles. The van der Waals surface area contributed by atoms with Crippen molar-refractivity contribution in [2.45, 2.75) is 20.8 Å². The van der Waals surface area contributed by atoms with E-state index >= 15 is 0 Å². The van der Waals surface area contributed by atoms with Gasteiger partial charge < -0.3 is 9.94 Å². The van der Waals surface area contributed by atoms with E-state index in [2.05, 4.69) is 4.74 Å². The van der Waals surface area contributed by atoms with Gasteiger partial charge in [0.2, 0.25) is 6.54 Å². The van der Waals surface area contributed by atoms with Gasteiger partial charge in [-0.3, -0.25) is 0 Å². The van der Waals surface area contributed by atoms with Gasteiger partial charge in [0.05, 0.1) is 6.61 Å². The minimum Gasteiger partial charge on any atom is -0.624 e. The third kappa shape index (κ3) is 5.70. The van der Waals surface area contributed by atoms with Crippen LogP contribution in [0.5, 0.6) is 0 Å². The molecular weight excluding hydrogens is 158 g/mol. The average Bonchev–Trinajstić information content (AvgIpc) is 1.84. The Hall–Kier alpha value is -1.06. The molecule has 0 aromatic rings. The summed E-state index contributed by atoms with van der Waals surface area (Å²) < 4.78 is 5.19. The quantitative estimate of drug-likeness (QED) is 0.207. The highest BCUT2D eigenvalue weighted by atomic mass is 16.5. The maximum atomic E-state index is 10.9. The molecule has 12 heavy (non-hydrogen) atoms. The molecule has 0 radical (unpaired) electrons. The van der Waals surface area contributed by atoms with Crippen molar-refractivity contribution in [1.82, 2.24) is 0 Å². The molecule has 4 nitrogen and oxygen atoms in total. The average molecular weight is 173 g/mol. The highest BCUT2D eigenvalue weighted by Crippen LogP contribution is 1.86. The van der Waals surface area contributed by atoms with Crippen LogP contribution in [0.1, 0.15) is 20.8 Å². The molecule has 0 saturated heterocycles. The molecule has 0 aromatic heterocycles. The van der Waals surface area contributed by atoms with Crippen LogP contribution in [0.2, 0.25) is 0 Å². The van der Waals surface area contributed by atoms with Crippen LogP contribution in [0.25, 0.3) is 0 Å². The topological polar surface area (TPSA) is 52.4 Å². The number of hydroxylamine groups is 1. The van der Waals surface area contributed by atoms with Gasteiger partial charge in [-0.05, 0) is 6.92 Å². The van der Waals surface area contributed by atoms with Crippen LogP contribution in [0.4, 0.5) is 0 Å². The van der Waals surface area contributed by atoms with Crippen LogP contribution in [0.3, 0.4) is 0 Å². The lowest BCUT2D eigenvalue weighted by Crippen LogP contribution is -2.20. The lowest BCUT2D eigenvalue weighted by atomic mass is 10.2. The highest BCUT2D eigenvalue weighted by Gasteiger charge is 2.06. The van der Waals surface area contributed by atoms with Gasteiger partial charge in [-0.25, -0.2) is 9.53 Å². The third-order valence-corrected chi connectivity index (χ3v) is 1.05. The van der Waals surface area contributed by atoms with Crippen LogP contribution in [0.15, 0.2) is 0 Å². The largest absolute Gasteiger partial charge is 0.624 e. The van der Waals surface area contributed by atoms with E-state index in [1.165, 1.54) is 6.21 Å². The zero-order valence-electron chi connectivity index (χ0n) is 7.74. The maximum absolute atomic E-state index is 10.9. The van der Waals surface area contributed by atoms with Gasteiger partial charge in [0, 0.05) is 5.92 Å². The lowest BCUT2D eigenvalue weighted by molar-refractivity contribution is -0.445. The second kappa shape index (κ2) is 5.57. The summed E-state index contributed by atoms with van der Waals surface area (Å²) in [6.45, 7) is 5.55. The summed E-state index contributed by atoms with van der Waals surface area (Å²) in [5.41, 5.74) is 0. The molecule has 0 atom stereocenters. The number of nitrogens with zero attached hydrogens (tertiary/aromatic N) is 1. The van der Waals surface area contributed by atoms with Crippen LogP contribution in [-0.4, -0.2) is 30.1 Å². The summed E-state index contributed by atoms with van der Waals surface area (Å²) in [5, 5.41) is 10.9. The van der Waals surface area contributed by atoms with Crippen molar-refractivity contribution < 1.29 is 14.3 Å².